The molecule has 0 radical (unpaired) electrons. The van der Waals surface area contributed by atoms with Crippen LogP contribution >= 0.6 is 0 Å². The second kappa shape index (κ2) is 12.7. The molecule has 12 rings (SSSR count). The van der Waals surface area contributed by atoms with Gasteiger partial charge in [-0.3, -0.25) is 0 Å². The quantitative estimate of drug-likeness (QED) is 0.174. The van der Waals surface area contributed by atoms with Gasteiger partial charge in [-0.05, 0) is 80.6 Å². The van der Waals surface area contributed by atoms with Crippen LogP contribution in [0.3, 0.4) is 0 Å². The van der Waals surface area contributed by atoms with E-state index in [9.17, 15) is 0 Å². The van der Waals surface area contributed by atoms with Gasteiger partial charge in [0.15, 0.2) is 23.1 Å². The van der Waals surface area contributed by atoms with Crippen molar-refractivity contribution in [2.45, 2.75) is 19.3 Å². The summed E-state index contributed by atoms with van der Waals surface area (Å²) in [5.41, 5.74) is 13.5. The van der Waals surface area contributed by atoms with E-state index in [2.05, 4.69) is 135 Å². The van der Waals surface area contributed by atoms with Crippen LogP contribution in [0.4, 0.5) is 0 Å². The summed E-state index contributed by atoms with van der Waals surface area (Å²) in [5, 5.41) is 3.88. The van der Waals surface area contributed by atoms with Gasteiger partial charge in [-0.1, -0.05) is 147 Å². The van der Waals surface area contributed by atoms with Gasteiger partial charge < -0.3 is 8.83 Å². The zero-order valence-corrected chi connectivity index (χ0v) is 32.3. The number of hydrogen-bond donors (Lipinski definition) is 0. The molecule has 278 valence electrons. The van der Waals surface area contributed by atoms with E-state index in [0.29, 0.717) is 40.1 Å². The lowest BCUT2D eigenvalue weighted by molar-refractivity contribution is 0.622. The Morgan fingerprint density at radius 2 is 1.03 bits per heavy atom. The number of benzene rings is 8. The molecule has 8 aromatic carbocycles. The first-order chi connectivity index (χ1) is 29.0. The number of furan rings is 1. The van der Waals surface area contributed by atoms with Gasteiger partial charge in [0.1, 0.15) is 16.7 Å². The monoisotopic (exact) mass is 758 g/mol. The average molecular weight is 759 g/mol. The van der Waals surface area contributed by atoms with Gasteiger partial charge in [-0.2, -0.15) is 0 Å². The number of fused-ring (bicyclic) bond motifs is 10. The van der Waals surface area contributed by atoms with Crippen molar-refractivity contribution in [1.29, 1.82) is 0 Å². The van der Waals surface area contributed by atoms with Gasteiger partial charge in [0, 0.05) is 27.5 Å². The highest BCUT2D eigenvalue weighted by Gasteiger charge is 2.35. The summed E-state index contributed by atoms with van der Waals surface area (Å²) in [7, 11) is 0. The lowest BCUT2D eigenvalue weighted by Crippen LogP contribution is -2.14. The molecule has 0 amide bonds. The Kier molecular flexibility index (Phi) is 7.17. The Labute approximate surface area is 339 Å². The zero-order valence-electron chi connectivity index (χ0n) is 32.3. The first-order valence-corrected chi connectivity index (χ1v) is 19.9. The van der Waals surface area contributed by atoms with Gasteiger partial charge in [-0.15, -0.1) is 0 Å². The largest absolute Gasteiger partial charge is 0.455 e. The number of nitrogens with zero attached hydrogens (tertiary/aromatic N) is 4. The molecule has 3 aromatic heterocycles. The highest BCUT2D eigenvalue weighted by Crippen LogP contribution is 2.50. The van der Waals surface area contributed by atoms with Crippen molar-refractivity contribution in [3.63, 3.8) is 0 Å². The van der Waals surface area contributed by atoms with Crippen LogP contribution in [0, 0.1) is 0 Å². The van der Waals surface area contributed by atoms with E-state index in [0.717, 1.165) is 60.4 Å². The SMILES string of the molecule is CC1(C)c2ccccc2-c2cc(-c3nc(-c4ccc(-c5ccccc5)cc4)nc(-c4cc5ccccc5c5c4oc4ccc6nc(-c7ccccc7)oc6c45)n3)ccc21. The van der Waals surface area contributed by atoms with Crippen LogP contribution in [0.2, 0.25) is 0 Å². The van der Waals surface area contributed by atoms with Gasteiger partial charge >= 0.3 is 0 Å². The van der Waals surface area contributed by atoms with Crippen LogP contribution < -0.4 is 0 Å². The fourth-order valence-electron chi connectivity index (χ4n) is 9.01. The topological polar surface area (TPSA) is 77.8 Å². The fourth-order valence-corrected chi connectivity index (χ4v) is 9.01. The molecule has 0 atom stereocenters. The first kappa shape index (κ1) is 33.4. The Morgan fingerprint density at radius 1 is 0.407 bits per heavy atom. The molecule has 11 aromatic rings. The molecule has 1 aliphatic carbocycles. The molecule has 6 nitrogen and oxygen atoms in total. The van der Waals surface area contributed by atoms with Gasteiger partial charge in [0.25, 0.3) is 0 Å². The second-order valence-corrected chi connectivity index (χ2v) is 15.8. The standard InChI is InChI=1S/C53H34N4O2/c1-53(2)41-20-12-11-19-38(41)39-30-36(25-26-42(39)53)50-55-49(33-23-21-32(22-24-33)31-13-5-3-6-14-31)56-51(57-50)40-29-35-17-9-10-18-37(35)45-46-44(58-47(40)45)28-27-43-48(46)59-52(54-43)34-15-7-4-8-16-34/h3-30H,1-2H3. The summed E-state index contributed by atoms with van der Waals surface area (Å²) in [6, 6.07) is 58.6. The highest BCUT2D eigenvalue weighted by molar-refractivity contribution is 6.27. The highest BCUT2D eigenvalue weighted by atomic mass is 16.4. The number of rotatable bonds is 5. The molecular formula is C53H34N4O2. The minimum absolute atomic E-state index is 0.116. The molecule has 0 fully saturated rings. The van der Waals surface area contributed by atoms with Crippen molar-refractivity contribution in [3.8, 4) is 67.9 Å². The third-order valence-electron chi connectivity index (χ3n) is 12.0. The summed E-state index contributed by atoms with van der Waals surface area (Å²) < 4.78 is 13.4. The van der Waals surface area contributed by atoms with Crippen molar-refractivity contribution in [2.75, 3.05) is 0 Å². The number of oxazole rings is 1. The van der Waals surface area contributed by atoms with E-state index in [1.165, 1.54) is 22.3 Å². The van der Waals surface area contributed by atoms with Gasteiger partial charge in [-0.25, -0.2) is 19.9 Å². The molecule has 0 saturated heterocycles. The maximum atomic E-state index is 6.86. The van der Waals surface area contributed by atoms with Crippen molar-refractivity contribution in [2.24, 2.45) is 0 Å². The predicted octanol–water partition coefficient (Wildman–Crippen LogP) is 13.7. The summed E-state index contributed by atoms with van der Waals surface area (Å²) in [5.74, 6) is 2.25. The lowest BCUT2D eigenvalue weighted by atomic mass is 9.82. The van der Waals surface area contributed by atoms with Gasteiger partial charge in [0.05, 0.1) is 10.9 Å². The van der Waals surface area contributed by atoms with Crippen LogP contribution in [0.5, 0.6) is 0 Å². The Hall–Kier alpha value is -7.70. The van der Waals surface area contributed by atoms with Crippen LogP contribution in [-0.2, 0) is 5.41 Å². The Bertz CT molecular complexity index is 3460. The normalized spacial score (nSPS) is 13.1. The van der Waals surface area contributed by atoms with E-state index in [1.807, 2.05) is 48.5 Å². The molecule has 0 unspecified atom stereocenters. The van der Waals surface area contributed by atoms with Crippen LogP contribution in [-0.4, -0.2) is 19.9 Å². The zero-order chi connectivity index (χ0) is 39.2. The molecule has 6 heteroatoms. The molecule has 1 aliphatic rings. The van der Waals surface area contributed by atoms with Crippen molar-refractivity contribution in [1.82, 2.24) is 19.9 Å². The molecule has 3 heterocycles. The van der Waals surface area contributed by atoms with Crippen LogP contribution in [0.25, 0.3) is 112 Å². The minimum atomic E-state index is -0.116. The molecule has 0 spiro atoms. The smallest absolute Gasteiger partial charge is 0.227 e. The Morgan fingerprint density at radius 3 is 1.85 bits per heavy atom. The summed E-state index contributed by atoms with van der Waals surface area (Å²) in [6.07, 6.45) is 0. The van der Waals surface area contributed by atoms with E-state index in [4.69, 9.17) is 28.8 Å². The molecule has 0 N–H and O–H groups in total. The van der Waals surface area contributed by atoms with E-state index in [1.54, 1.807) is 0 Å². The van der Waals surface area contributed by atoms with E-state index < -0.39 is 0 Å². The molecule has 59 heavy (non-hydrogen) atoms. The predicted molar refractivity (Wildman–Crippen MR) is 237 cm³/mol. The molecule has 0 bridgehead atoms. The lowest BCUT2D eigenvalue weighted by Gasteiger charge is -2.21. The average Bonchev–Trinajstić information content (AvgIpc) is 3.97. The molecular weight excluding hydrogens is 725 g/mol. The Balaban J connectivity index is 1.10. The fraction of sp³-hybridized carbons (Fsp3) is 0.0566. The first-order valence-electron chi connectivity index (χ1n) is 19.9. The molecule has 0 aliphatic heterocycles. The van der Waals surface area contributed by atoms with Crippen LogP contribution in [0.1, 0.15) is 25.0 Å². The third kappa shape index (κ3) is 5.19. The number of aromatic nitrogens is 4. The van der Waals surface area contributed by atoms with E-state index in [-0.39, 0.29) is 5.41 Å². The van der Waals surface area contributed by atoms with Crippen molar-refractivity contribution >= 4 is 43.8 Å². The third-order valence-corrected chi connectivity index (χ3v) is 12.0. The van der Waals surface area contributed by atoms with E-state index >= 15 is 0 Å². The van der Waals surface area contributed by atoms with Crippen molar-refractivity contribution < 1.29 is 8.83 Å². The summed E-state index contributed by atoms with van der Waals surface area (Å²) in [6.45, 7) is 4.59. The maximum absolute atomic E-state index is 6.86. The van der Waals surface area contributed by atoms with Gasteiger partial charge in [0.2, 0.25) is 5.89 Å². The maximum Gasteiger partial charge on any atom is 0.227 e. The number of hydrogen-bond acceptors (Lipinski definition) is 6. The second-order valence-electron chi connectivity index (χ2n) is 15.8. The molecule has 0 saturated carbocycles. The van der Waals surface area contributed by atoms with Crippen molar-refractivity contribution in [3.05, 3.63) is 181 Å². The van der Waals surface area contributed by atoms with Crippen LogP contribution in [0.15, 0.2) is 179 Å². The minimum Gasteiger partial charge on any atom is -0.455 e. The summed E-state index contributed by atoms with van der Waals surface area (Å²) >= 11 is 0. The summed E-state index contributed by atoms with van der Waals surface area (Å²) in [4.78, 5) is 20.6.